The first kappa shape index (κ1) is 6.97. The molecule has 40 valence electrons. The van der Waals surface area contributed by atoms with Crippen LogP contribution in [0.3, 0.4) is 0 Å². The SMILES string of the molecule is C[C@H](Br)CCC#N. The van der Waals surface area contributed by atoms with Gasteiger partial charge in [-0.1, -0.05) is 22.9 Å². The fraction of sp³-hybridized carbons (Fsp3) is 0.800. The second-order valence-electron chi connectivity index (χ2n) is 1.48. The smallest absolute Gasteiger partial charge is 0.0622 e. The van der Waals surface area contributed by atoms with Gasteiger partial charge in [0.05, 0.1) is 6.07 Å². The van der Waals surface area contributed by atoms with Crippen LogP contribution in [0.2, 0.25) is 0 Å². The van der Waals surface area contributed by atoms with Crippen LogP contribution in [0.25, 0.3) is 0 Å². The molecule has 0 aliphatic carbocycles. The third-order valence-electron chi connectivity index (χ3n) is 0.654. The topological polar surface area (TPSA) is 23.8 Å². The Labute approximate surface area is 52.5 Å². The van der Waals surface area contributed by atoms with E-state index in [1.165, 1.54) is 0 Å². The van der Waals surface area contributed by atoms with Crippen LogP contribution < -0.4 is 0 Å². The van der Waals surface area contributed by atoms with Crippen LogP contribution in [-0.2, 0) is 0 Å². The molecule has 0 saturated heterocycles. The second-order valence-corrected chi connectivity index (χ2v) is 3.04. The number of nitrogens with zero attached hydrogens (tertiary/aromatic N) is 1. The van der Waals surface area contributed by atoms with Crippen LogP contribution in [0.1, 0.15) is 19.8 Å². The summed E-state index contributed by atoms with van der Waals surface area (Å²) in [6.45, 7) is 2.04. The van der Waals surface area contributed by atoms with Crippen LogP contribution in [0.15, 0.2) is 0 Å². The average Bonchev–Trinajstić information content (AvgIpc) is 1.61. The fourth-order valence-electron chi connectivity index (χ4n) is 0.263. The van der Waals surface area contributed by atoms with Crippen molar-refractivity contribution < 1.29 is 0 Å². The number of hydrogen-bond donors (Lipinski definition) is 0. The van der Waals surface area contributed by atoms with Gasteiger partial charge in [-0.2, -0.15) is 5.26 Å². The molecule has 0 aliphatic heterocycles. The van der Waals surface area contributed by atoms with Gasteiger partial charge in [0.25, 0.3) is 0 Å². The normalized spacial score (nSPS) is 12.7. The molecule has 2 heteroatoms. The lowest BCUT2D eigenvalue weighted by Gasteiger charge is -1.92. The van der Waals surface area contributed by atoms with Crippen molar-refractivity contribution in [1.82, 2.24) is 0 Å². The van der Waals surface area contributed by atoms with Crippen LogP contribution >= 0.6 is 15.9 Å². The number of rotatable bonds is 2. The molecule has 0 N–H and O–H groups in total. The maximum absolute atomic E-state index is 8.04. The lowest BCUT2D eigenvalue weighted by Crippen LogP contribution is -1.85. The molecule has 1 atom stereocenters. The maximum Gasteiger partial charge on any atom is 0.0622 e. The van der Waals surface area contributed by atoms with Gasteiger partial charge in [-0.25, -0.2) is 0 Å². The Hall–Kier alpha value is -0.0300. The number of alkyl halides is 1. The highest BCUT2D eigenvalue weighted by Gasteiger charge is 1.90. The number of nitriles is 1. The van der Waals surface area contributed by atoms with E-state index in [0.29, 0.717) is 11.2 Å². The fourth-order valence-corrected chi connectivity index (χ4v) is 0.492. The van der Waals surface area contributed by atoms with Gasteiger partial charge in [0.1, 0.15) is 0 Å². The van der Waals surface area contributed by atoms with E-state index in [-0.39, 0.29) is 0 Å². The lowest BCUT2D eigenvalue weighted by molar-refractivity contribution is 0.851. The molecule has 0 spiro atoms. The van der Waals surface area contributed by atoms with E-state index in [2.05, 4.69) is 22.0 Å². The molecule has 0 amide bonds. The lowest BCUT2D eigenvalue weighted by atomic mass is 10.3. The zero-order valence-electron chi connectivity index (χ0n) is 4.32. The molecule has 0 aromatic rings. The first-order valence-corrected chi connectivity index (χ1v) is 3.20. The highest BCUT2D eigenvalue weighted by molar-refractivity contribution is 9.09. The molecule has 0 fully saturated rings. The molecule has 0 aromatic carbocycles. The summed E-state index contributed by atoms with van der Waals surface area (Å²) < 4.78 is 0. The molecule has 0 bridgehead atoms. The molecule has 0 rings (SSSR count). The molecular weight excluding hydrogens is 154 g/mol. The molecule has 0 heterocycles. The van der Waals surface area contributed by atoms with E-state index in [1.807, 2.05) is 6.92 Å². The van der Waals surface area contributed by atoms with Crippen molar-refractivity contribution in [1.29, 1.82) is 5.26 Å². The quantitative estimate of drug-likeness (QED) is 0.570. The van der Waals surface area contributed by atoms with Gasteiger partial charge in [0.2, 0.25) is 0 Å². The van der Waals surface area contributed by atoms with E-state index >= 15 is 0 Å². The number of halogens is 1. The minimum Gasteiger partial charge on any atom is -0.198 e. The average molecular weight is 162 g/mol. The van der Waals surface area contributed by atoms with Crippen molar-refractivity contribution in [2.45, 2.75) is 24.6 Å². The predicted octanol–water partition coefficient (Wildman–Crippen LogP) is 2.07. The first-order chi connectivity index (χ1) is 3.27. The summed E-state index contributed by atoms with van der Waals surface area (Å²) in [5, 5.41) is 8.04. The Balaban J connectivity index is 2.86. The summed E-state index contributed by atoms with van der Waals surface area (Å²) in [7, 11) is 0. The summed E-state index contributed by atoms with van der Waals surface area (Å²) in [6.07, 6.45) is 1.61. The molecule has 0 aromatic heterocycles. The summed E-state index contributed by atoms with van der Waals surface area (Å²) >= 11 is 3.32. The third kappa shape index (κ3) is 5.97. The van der Waals surface area contributed by atoms with E-state index in [9.17, 15) is 0 Å². The van der Waals surface area contributed by atoms with Crippen LogP contribution in [0, 0.1) is 11.3 Å². The maximum atomic E-state index is 8.04. The Bertz CT molecular complexity index is 72.6. The van der Waals surface area contributed by atoms with Gasteiger partial charge >= 0.3 is 0 Å². The van der Waals surface area contributed by atoms with Crippen LogP contribution in [0.4, 0.5) is 0 Å². The summed E-state index contributed by atoms with van der Waals surface area (Å²) in [4.78, 5) is 0.493. The van der Waals surface area contributed by atoms with Gasteiger partial charge in [-0.15, -0.1) is 0 Å². The van der Waals surface area contributed by atoms with E-state index in [4.69, 9.17) is 5.26 Å². The summed E-state index contributed by atoms with van der Waals surface area (Å²) in [6, 6.07) is 2.07. The molecule has 7 heavy (non-hydrogen) atoms. The van der Waals surface area contributed by atoms with E-state index < -0.39 is 0 Å². The van der Waals surface area contributed by atoms with Crippen molar-refractivity contribution in [3.8, 4) is 6.07 Å². The van der Waals surface area contributed by atoms with Crippen molar-refractivity contribution in [2.24, 2.45) is 0 Å². The van der Waals surface area contributed by atoms with Gasteiger partial charge in [0.15, 0.2) is 0 Å². The minimum absolute atomic E-state index is 0.493. The summed E-state index contributed by atoms with van der Waals surface area (Å²) in [5.41, 5.74) is 0. The molecule has 0 unspecified atom stereocenters. The van der Waals surface area contributed by atoms with Gasteiger partial charge in [-0.05, 0) is 6.42 Å². The molecular formula is C5H8BrN. The van der Waals surface area contributed by atoms with Crippen LogP contribution in [-0.4, -0.2) is 4.83 Å². The highest BCUT2D eigenvalue weighted by atomic mass is 79.9. The Kier molecular flexibility index (Phi) is 4.12. The molecule has 0 saturated carbocycles. The van der Waals surface area contributed by atoms with Crippen molar-refractivity contribution >= 4 is 15.9 Å². The molecule has 1 nitrogen and oxygen atoms in total. The van der Waals surface area contributed by atoms with Crippen molar-refractivity contribution in [2.75, 3.05) is 0 Å². The second kappa shape index (κ2) is 4.14. The van der Waals surface area contributed by atoms with E-state index in [1.54, 1.807) is 0 Å². The van der Waals surface area contributed by atoms with Gasteiger partial charge in [0, 0.05) is 11.2 Å². The summed E-state index contributed by atoms with van der Waals surface area (Å²) in [5.74, 6) is 0. The first-order valence-electron chi connectivity index (χ1n) is 2.28. The minimum atomic E-state index is 0.493. The highest BCUT2D eigenvalue weighted by Crippen LogP contribution is 2.04. The standard InChI is InChI=1S/C5H8BrN/c1-5(6)3-2-4-7/h5H,2-3H2,1H3/t5-/m0/s1. The Morgan fingerprint density at radius 3 is 2.57 bits per heavy atom. The largest absolute Gasteiger partial charge is 0.198 e. The molecule has 0 radical (unpaired) electrons. The third-order valence-corrected chi connectivity index (χ3v) is 1.11. The Morgan fingerprint density at radius 1 is 1.86 bits per heavy atom. The van der Waals surface area contributed by atoms with Gasteiger partial charge < -0.3 is 0 Å². The Morgan fingerprint density at radius 2 is 2.43 bits per heavy atom. The van der Waals surface area contributed by atoms with Crippen LogP contribution in [0.5, 0.6) is 0 Å². The monoisotopic (exact) mass is 161 g/mol. The predicted molar refractivity (Wildman–Crippen MR) is 33.2 cm³/mol. The molecule has 0 aliphatic rings. The van der Waals surface area contributed by atoms with E-state index in [0.717, 1.165) is 6.42 Å². The van der Waals surface area contributed by atoms with Gasteiger partial charge in [-0.3, -0.25) is 0 Å². The number of hydrogen-bond acceptors (Lipinski definition) is 1. The zero-order chi connectivity index (χ0) is 5.70. The van der Waals surface area contributed by atoms with Crippen molar-refractivity contribution in [3.05, 3.63) is 0 Å². The zero-order valence-corrected chi connectivity index (χ0v) is 5.90. The van der Waals surface area contributed by atoms with Crippen molar-refractivity contribution in [3.63, 3.8) is 0 Å².